The molecule has 27 heavy (non-hydrogen) atoms. The number of nitrogens with zero attached hydrogens (tertiary/aromatic N) is 3. The monoisotopic (exact) mass is 387 g/mol. The van der Waals surface area contributed by atoms with Crippen LogP contribution in [0.1, 0.15) is 10.4 Å². The van der Waals surface area contributed by atoms with Crippen LogP contribution in [0.2, 0.25) is 5.02 Å². The van der Waals surface area contributed by atoms with E-state index in [2.05, 4.69) is 5.10 Å². The molecule has 0 fully saturated rings. The molecule has 0 aliphatic heterocycles. The summed E-state index contributed by atoms with van der Waals surface area (Å²) in [7, 11) is 3.68. The fraction of sp³-hybridized carbons (Fsp3) is 0.105. The van der Waals surface area contributed by atoms with E-state index in [-0.39, 0.29) is 11.4 Å². The highest BCUT2D eigenvalue weighted by molar-refractivity contribution is 6.33. The van der Waals surface area contributed by atoms with E-state index in [1.807, 2.05) is 19.0 Å². The first-order valence-corrected chi connectivity index (χ1v) is 8.26. The zero-order chi connectivity index (χ0) is 19.7. The summed E-state index contributed by atoms with van der Waals surface area (Å²) in [5.41, 5.74) is 0.323. The topological polar surface area (TPSA) is 75.4 Å². The standard InChI is InChI=1S/C19H15ClFN3O3/c1-23(2)17-7-6-11(8-15(17)20)16-10-14(19(26)27)18(25)24(22-16)13-5-3-4-12(21)9-13/h3-10H,1-2H3,(H,26,27). The second kappa shape index (κ2) is 7.20. The average molecular weight is 388 g/mol. The van der Waals surface area contributed by atoms with Crippen molar-refractivity contribution in [2.45, 2.75) is 0 Å². The molecule has 0 saturated heterocycles. The lowest BCUT2D eigenvalue weighted by molar-refractivity contribution is 0.0694. The molecule has 0 aliphatic carbocycles. The fourth-order valence-electron chi connectivity index (χ4n) is 2.60. The molecule has 1 heterocycles. The summed E-state index contributed by atoms with van der Waals surface area (Å²) in [6.45, 7) is 0. The first-order chi connectivity index (χ1) is 12.8. The number of carbonyl (C=O) groups is 1. The number of aromatic carboxylic acids is 1. The second-order valence-corrected chi connectivity index (χ2v) is 6.41. The van der Waals surface area contributed by atoms with Crippen molar-refractivity contribution in [2.24, 2.45) is 0 Å². The summed E-state index contributed by atoms with van der Waals surface area (Å²) in [6.07, 6.45) is 0. The van der Waals surface area contributed by atoms with E-state index in [0.29, 0.717) is 10.6 Å². The molecule has 0 unspecified atom stereocenters. The van der Waals surface area contributed by atoms with Crippen molar-refractivity contribution in [1.82, 2.24) is 9.78 Å². The Morgan fingerprint density at radius 1 is 1.19 bits per heavy atom. The first kappa shape index (κ1) is 18.6. The Hall–Kier alpha value is -3.19. The molecule has 3 rings (SSSR count). The predicted octanol–water partition coefficient (Wildman–Crippen LogP) is 3.46. The maximum Gasteiger partial charge on any atom is 0.341 e. The van der Waals surface area contributed by atoms with Gasteiger partial charge in [0.1, 0.15) is 11.4 Å². The molecule has 0 radical (unpaired) electrons. The molecular weight excluding hydrogens is 373 g/mol. The molecular formula is C19H15ClFN3O3. The summed E-state index contributed by atoms with van der Waals surface area (Å²) in [5.74, 6) is -1.97. The Balaban J connectivity index is 2.24. The number of carboxylic acid groups (broad SMARTS) is 1. The van der Waals surface area contributed by atoms with Gasteiger partial charge >= 0.3 is 5.97 Å². The molecule has 1 N–H and O–H groups in total. The van der Waals surface area contributed by atoms with Crippen molar-refractivity contribution in [3.8, 4) is 16.9 Å². The molecule has 0 amide bonds. The van der Waals surface area contributed by atoms with E-state index >= 15 is 0 Å². The molecule has 138 valence electrons. The number of hydrogen-bond donors (Lipinski definition) is 1. The fourth-order valence-corrected chi connectivity index (χ4v) is 2.95. The Morgan fingerprint density at radius 3 is 2.52 bits per heavy atom. The van der Waals surface area contributed by atoms with Gasteiger partial charge in [0.25, 0.3) is 5.56 Å². The van der Waals surface area contributed by atoms with Gasteiger partial charge in [-0.3, -0.25) is 4.79 Å². The van der Waals surface area contributed by atoms with Gasteiger partial charge in [0.2, 0.25) is 0 Å². The molecule has 0 atom stereocenters. The lowest BCUT2D eigenvalue weighted by Gasteiger charge is -2.15. The second-order valence-electron chi connectivity index (χ2n) is 6.01. The van der Waals surface area contributed by atoms with Crippen LogP contribution < -0.4 is 10.5 Å². The Morgan fingerprint density at radius 2 is 1.93 bits per heavy atom. The van der Waals surface area contributed by atoms with Crippen LogP contribution in [0.4, 0.5) is 10.1 Å². The minimum absolute atomic E-state index is 0.125. The minimum atomic E-state index is -1.40. The highest BCUT2D eigenvalue weighted by atomic mass is 35.5. The number of rotatable bonds is 4. The molecule has 2 aromatic carbocycles. The van der Waals surface area contributed by atoms with Crippen molar-refractivity contribution in [2.75, 3.05) is 19.0 Å². The number of anilines is 1. The molecule has 6 nitrogen and oxygen atoms in total. The SMILES string of the molecule is CN(C)c1ccc(-c2cc(C(=O)O)c(=O)n(-c3cccc(F)c3)n2)cc1Cl. The Kier molecular flexibility index (Phi) is 4.96. The van der Waals surface area contributed by atoms with Gasteiger partial charge in [-0.1, -0.05) is 23.7 Å². The highest BCUT2D eigenvalue weighted by Gasteiger charge is 2.17. The largest absolute Gasteiger partial charge is 0.477 e. The molecule has 1 aromatic heterocycles. The van der Waals surface area contributed by atoms with Crippen molar-refractivity contribution in [3.05, 3.63) is 75.3 Å². The van der Waals surface area contributed by atoms with Crippen LogP contribution in [0, 0.1) is 5.82 Å². The molecule has 0 aliphatic rings. The number of halogens is 2. The van der Waals surface area contributed by atoms with Crippen LogP contribution in [-0.2, 0) is 0 Å². The third-order valence-corrected chi connectivity index (χ3v) is 4.22. The van der Waals surface area contributed by atoms with Crippen LogP contribution in [0.25, 0.3) is 16.9 Å². The molecule has 0 saturated carbocycles. The zero-order valence-electron chi connectivity index (χ0n) is 14.5. The Bertz CT molecular complexity index is 1100. The molecule has 8 heteroatoms. The van der Waals surface area contributed by atoms with Crippen LogP contribution in [-0.4, -0.2) is 35.0 Å². The lowest BCUT2D eigenvalue weighted by atomic mass is 10.1. The molecule has 3 aromatic rings. The zero-order valence-corrected chi connectivity index (χ0v) is 15.2. The van der Waals surface area contributed by atoms with Crippen molar-refractivity contribution >= 4 is 23.3 Å². The number of hydrogen-bond acceptors (Lipinski definition) is 4. The normalized spacial score (nSPS) is 10.7. The smallest absolute Gasteiger partial charge is 0.341 e. The average Bonchev–Trinajstić information content (AvgIpc) is 2.61. The lowest BCUT2D eigenvalue weighted by Crippen LogP contribution is -2.27. The summed E-state index contributed by atoms with van der Waals surface area (Å²) < 4.78 is 14.4. The van der Waals surface area contributed by atoms with Crippen molar-refractivity contribution in [3.63, 3.8) is 0 Å². The van der Waals surface area contributed by atoms with Crippen molar-refractivity contribution in [1.29, 1.82) is 0 Å². The summed E-state index contributed by atoms with van der Waals surface area (Å²) in [6, 6.07) is 11.5. The van der Waals surface area contributed by atoms with Gasteiger partial charge in [-0.15, -0.1) is 0 Å². The van der Waals surface area contributed by atoms with Crippen molar-refractivity contribution < 1.29 is 14.3 Å². The van der Waals surface area contributed by atoms with E-state index in [9.17, 15) is 19.1 Å². The number of aromatic nitrogens is 2. The first-order valence-electron chi connectivity index (χ1n) is 7.89. The molecule has 0 bridgehead atoms. The summed E-state index contributed by atoms with van der Waals surface area (Å²) in [4.78, 5) is 25.8. The van der Waals surface area contributed by atoms with Gasteiger partial charge in [0.05, 0.1) is 22.1 Å². The maximum absolute atomic E-state index is 13.6. The van der Waals surface area contributed by atoms with Crippen LogP contribution in [0.15, 0.2) is 53.3 Å². The number of carboxylic acids is 1. The Labute approximate surface area is 159 Å². The van der Waals surface area contributed by atoms with Gasteiger partial charge in [0.15, 0.2) is 0 Å². The van der Waals surface area contributed by atoms with E-state index in [1.165, 1.54) is 24.3 Å². The number of benzene rings is 2. The van der Waals surface area contributed by atoms with E-state index in [4.69, 9.17) is 11.6 Å². The third kappa shape index (κ3) is 3.68. The van der Waals surface area contributed by atoms with Gasteiger partial charge < -0.3 is 10.0 Å². The van der Waals surface area contributed by atoms with E-state index < -0.39 is 22.9 Å². The van der Waals surface area contributed by atoms with Gasteiger partial charge in [-0.2, -0.15) is 9.78 Å². The summed E-state index contributed by atoms with van der Waals surface area (Å²) >= 11 is 6.28. The van der Waals surface area contributed by atoms with Crippen LogP contribution in [0.3, 0.4) is 0 Å². The molecule has 0 spiro atoms. The third-order valence-electron chi connectivity index (χ3n) is 3.92. The van der Waals surface area contributed by atoms with E-state index in [0.717, 1.165) is 16.4 Å². The van der Waals surface area contributed by atoms with E-state index in [1.54, 1.807) is 18.2 Å². The van der Waals surface area contributed by atoms with Gasteiger partial charge in [-0.25, -0.2) is 9.18 Å². The maximum atomic E-state index is 13.6. The van der Waals surface area contributed by atoms with Crippen LogP contribution >= 0.6 is 11.6 Å². The van der Waals surface area contributed by atoms with Crippen LogP contribution in [0.5, 0.6) is 0 Å². The van der Waals surface area contributed by atoms with Gasteiger partial charge in [-0.05, 0) is 36.4 Å². The van der Waals surface area contributed by atoms with Gasteiger partial charge in [0, 0.05) is 19.7 Å². The highest BCUT2D eigenvalue weighted by Crippen LogP contribution is 2.29. The quantitative estimate of drug-likeness (QED) is 0.742. The minimum Gasteiger partial charge on any atom is -0.477 e. The predicted molar refractivity (Wildman–Crippen MR) is 102 cm³/mol. The summed E-state index contributed by atoms with van der Waals surface area (Å²) in [5, 5.41) is 14.0.